The van der Waals surface area contributed by atoms with Crippen LogP contribution in [0.2, 0.25) is 0 Å². The second-order valence-electron chi connectivity index (χ2n) is 13.1. The molecule has 0 bridgehead atoms. The fourth-order valence-electron chi connectivity index (χ4n) is 7.35. The van der Waals surface area contributed by atoms with E-state index in [4.69, 9.17) is 9.72 Å². The van der Waals surface area contributed by atoms with E-state index in [2.05, 4.69) is 37.5 Å². The van der Waals surface area contributed by atoms with Crippen molar-refractivity contribution in [3.05, 3.63) is 107 Å². The second kappa shape index (κ2) is 11.8. The fourth-order valence-corrected chi connectivity index (χ4v) is 7.35. The van der Waals surface area contributed by atoms with Gasteiger partial charge in [-0.15, -0.1) is 0 Å². The number of carbonyl (C=O) groups excluding carboxylic acids is 2. The highest BCUT2D eigenvalue weighted by Crippen LogP contribution is 2.55. The molecule has 0 fully saturated rings. The molecule has 0 saturated carbocycles. The van der Waals surface area contributed by atoms with Crippen LogP contribution in [0, 0.1) is 10.8 Å². The number of aromatic nitrogens is 2. The number of carbonyl (C=O) groups is 3. The van der Waals surface area contributed by atoms with Crippen LogP contribution in [0.1, 0.15) is 70.8 Å². The van der Waals surface area contributed by atoms with E-state index in [1.54, 1.807) is 32.2 Å². The van der Waals surface area contributed by atoms with Gasteiger partial charge in [0.25, 0.3) is 5.91 Å². The summed E-state index contributed by atoms with van der Waals surface area (Å²) in [6.07, 6.45) is 5.22. The molecule has 0 saturated heterocycles. The molecule has 0 unspecified atom stereocenters. The molecule has 3 aromatic carbocycles. The van der Waals surface area contributed by atoms with Gasteiger partial charge in [-0.05, 0) is 60.9 Å². The van der Waals surface area contributed by atoms with Crippen LogP contribution in [-0.4, -0.2) is 64.0 Å². The first-order chi connectivity index (χ1) is 21.9. The van der Waals surface area contributed by atoms with Crippen molar-refractivity contribution in [2.45, 2.75) is 40.7 Å². The fraction of sp³-hybridized carbons (Fsp3) is 0.316. The van der Waals surface area contributed by atoms with Crippen molar-refractivity contribution in [3.63, 3.8) is 0 Å². The SMILES string of the molecule is COCCn1c(-c2ccccc2C(=O)N2CC=C3C(C)(C)C(c4ccc(C(=O)O)cc4)=CC[C@]3(C)C2)nc2cc(C(C)=O)ccc21. The molecule has 1 N–H and O–H groups in total. The molecule has 1 atom stereocenters. The Morgan fingerprint density at radius 3 is 2.37 bits per heavy atom. The number of amides is 1. The van der Waals surface area contributed by atoms with Gasteiger partial charge in [-0.25, -0.2) is 9.78 Å². The van der Waals surface area contributed by atoms with Gasteiger partial charge in [0.15, 0.2) is 5.78 Å². The van der Waals surface area contributed by atoms with Crippen LogP contribution in [-0.2, 0) is 11.3 Å². The average Bonchev–Trinajstić information content (AvgIpc) is 3.40. The van der Waals surface area contributed by atoms with Crippen LogP contribution >= 0.6 is 0 Å². The van der Waals surface area contributed by atoms with Gasteiger partial charge >= 0.3 is 5.97 Å². The largest absolute Gasteiger partial charge is 0.478 e. The van der Waals surface area contributed by atoms with Gasteiger partial charge < -0.3 is 19.3 Å². The van der Waals surface area contributed by atoms with Crippen molar-refractivity contribution < 1.29 is 24.2 Å². The highest BCUT2D eigenvalue weighted by Gasteiger charge is 2.46. The summed E-state index contributed by atoms with van der Waals surface area (Å²) in [6.45, 7) is 10.2. The molecule has 0 spiro atoms. The number of benzene rings is 3. The van der Waals surface area contributed by atoms with Crippen molar-refractivity contribution in [2.75, 3.05) is 26.8 Å². The summed E-state index contributed by atoms with van der Waals surface area (Å²) in [6, 6.07) is 20.2. The maximum atomic E-state index is 14.4. The summed E-state index contributed by atoms with van der Waals surface area (Å²) >= 11 is 0. The van der Waals surface area contributed by atoms with E-state index in [1.807, 2.05) is 53.4 Å². The average molecular weight is 618 g/mol. The predicted octanol–water partition coefficient (Wildman–Crippen LogP) is 7.15. The van der Waals surface area contributed by atoms with Crippen molar-refractivity contribution in [1.82, 2.24) is 14.5 Å². The maximum Gasteiger partial charge on any atom is 0.335 e. The third-order valence-corrected chi connectivity index (χ3v) is 9.61. The molecule has 0 radical (unpaired) electrons. The molecule has 236 valence electrons. The smallest absolute Gasteiger partial charge is 0.335 e. The van der Waals surface area contributed by atoms with Crippen LogP contribution in [0.5, 0.6) is 0 Å². The molecule has 4 aromatic rings. The minimum Gasteiger partial charge on any atom is -0.478 e. The minimum absolute atomic E-state index is 0.0274. The first-order valence-corrected chi connectivity index (χ1v) is 15.6. The number of nitrogens with zero attached hydrogens (tertiary/aromatic N) is 3. The third kappa shape index (κ3) is 5.36. The van der Waals surface area contributed by atoms with E-state index in [1.165, 1.54) is 11.1 Å². The number of allylic oxidation sites excluding steroid dienone is 2. The Balaban J connectivity index is 1.33. The minimum atomic E-state index is -0.938. The number of ether oxygens (including phenoxy) is 1. The zero-order chi connectivity index (χ0) is 32.8. The molecule has 1 amide bonds. The summed E-state index contributed by atoms with van der Waals surface area (Å²) in [5, 5.41) is 9.34. The number of imidazole rings is 1. The molecule has 8 heteroatoms. The standard InChI is InChI=1S/C38H39N3O5/c1-24(42)27-14-15-32-31(22-27)39-34(41(32)20-21-46-5)28-8-6-7-9-29(28)35(43)40-19-17-33-37(2,3)30(16-18-38(33,4)23-40)25-10-12-26(13-11-25)36(44)45/h6-17,22H,18-21,23H2,1-5H3,(H,44,45)/t38-/m1/s1. The first kappa shape index (κ1) is 31.2. The molecule has 1 aliphatic heterocycles. The Morgan fingerprint density at radius 1 is 0.957 bits per heavy atom. The van der Waals surface area contributed by atoms with Crippen molar-refractivity contribution in [3.8, 4) is 11.4 Å². The molecule has 1 aliphatic carbocycles. The number of hydrogen-bond donors (Lipinski definition) is 1. The molecule has 46 heavy (non-hydrogen) atoms. The number of Topliss-reactive ketones (excluding diaryl/α,β-unsaturated/α-hetero) is 1. The zero-order valence-corrected chi connectivity index (χ0v) is 27.0. The van der Waals surface area contributed by atoms with Gasteiger partial charge in [-0.1, -0.05) is 68.8 Å². The summed E-state index contributed by atoms with van der Waals surface area (Å²) < 4.78 is 7.46. The lowest BCUT2D eigenvalue weighted by molar-refractivity contribution is 0.0679. The van der Waals surface area contributed by atoms with E-state index < -0.39 is 5.97 Å². The summed E-state index contributed by atoms with van der Waals surface area (Å²) in [7, 11) is 1.66. The van der Waals surface area contributed by atoms with Crippen molar-refractivity contribution >= 4 is 34.3 Å². The Labute approximate surface area is 269 Å². The maximum absolute atomic E-state index is 14.4. The Kier molecular flexibility index (Phi) is 8.02. The monoisotopic (exact) mass is 617 g/mol. The molecular formula is C38H39N3O5. The normalized spacial score (nSPS) is 18.9. The number of carboxylic acids is 1. The van der Waals surface area contributed by atoms with Gasteiger partial charge in [-0.2, -0.15) is 0 Å². The van der Waals surface area contributed by atoms with Crippen LogP contribution in [0.15, 0.2) is 84.5 Å². The summed E-state index contributed by atoms with van der Waals surface area (Å²) in [4.78, 5) is 44.7. The van der Waals surface area contributed by atoms with Gasteiger partial charge in [0.2, 0.25) is 0 Å². The number of hydrogen-bond acceptors (Lipinski definition) is 5. The number of ketones is 1. The lowest BCUT2D eigenvalue weighted by Gasteiger charge is -2.50. The van der Waals surface area contributed by atoms with Gasteiger partial charge in [0.1, 0.15) is 5.82 Å². The van der Waals surface area contributed by atoms with E-state index >= 15 is 0 Å². The van der Waals surface area contributed by atoms with Crippen molar-refractivity contribution in [1.29, 1.82) is 0 Å². The number of aromatic carboxylic acids is 1. The van der Waals surface area contributed by atoms with Gasteiger partial charge in [0.05, 0.1) is 28.8 Å². The summed E-state index contributed by atoms with van der Waals surface area (Å²) in [5.74, 6) is -0.359. The molecule has 2 aliphatic rings. The number of rotatable bonds is 8. The van der Waals surface area contributed by atoms with E-state index in [-0.39, 0.29) is 28.1 Å². The topological polar surface area (TPSA) is 102 Å². The van der Waals surface area contributed by atoms with Crippen LogP contribution in [0.25, 0.3) is 28.0 Å². The third-order valence-electron chi connectivity index (χ3n) is 9.61. The number of methoxy groups -OCH3 is 1. The number of carboxylic acid groups (broad SMARTS) is 1. The molecular weight excluding hydrogens is 578 g/mol. The predicted molar refractivity (Wildman–Crippen MR) is 179 cm³/mol. The summed E-state index contributed by atoms with van der Waals surface area (Å²) in [5.41, 5.74) is 6.66. The van der Waals surface area contributed by atoms with Gasteiger partial charge in [-0.3, -0.25) is 9.59 Å². The Morgan fingerprint density at radius 2 is 1.67 bits per heavy atom. The Bertz CT molecular complexity index is 1930. The lowest BCUT2D eigenvalue weighted by atomic mass is 9.58. The van der Waals surface area contributed by atoms with Crippen LogP contribution < -0.4 is 0 Å². The highest BCUT2D eigenvalue weighted by atomic mass is 16.5. The van der Waals surface area contributed by atoms with E-state index in [0.717, 1.165) is 23.1 Å². The van der Waals surface area contributed by atoms with Crippen LogP contribution in [0.3, 0.4) is 0 Å². The molecule has 6 rings (SSSR count). The van der Waals surface area contributed by atoms with Gasteiger partial charge in [0, 0.05) is 48.7 Å². The van der Waals surface area contributed by atoms with Crippen molar-refractivity contribution in [2.24, 2.45) is 10.8 Å². The quantitative estimate of drug-likeness (QED) is 0.166. The van der Waals surface area contributed by atoms with E-state index in [0.29, 0.717) is 48.7 Å². The zero-order valence-electron chi connectivity index (χ0n) is 27.0. The lowest BCUT2D eigenvalue weighted by Crippen LogP contribution is -2.48. The van der Waals surface area contributed by atoms with E-state index in [9.17, 15) is 19.5 Å². The van der Waals surface area contributed by atoms with Crippen LogP contribution in [0.4, 0.5) is 0 Å². The molecule has 8 nitrogen and oxygen atoms in total. The second-order valence-corrected chi connectivity index (χ2v) is 13.1. The molecule has 2 heterocycles. The highest BCUT2D eigenvalue weighted by molar-refractivity contribution is 6.02. The number of fused-ring (bicyclic) bond motifs is 2. The Hall–Kier alpha value is -4.82. The molecule has 1 aromatic heterocycles. The first-order valence-electron chi connectivity index (χ1n) is 15.6.